The Morgan fingerprint density at radius 3 is 2.54 bits per heavy atom. The second kappa shape index (κ2) is 2.76. The molecule has 13 heavy (non-hydrogen) atoms. The van der Waals surface area contributed by atoms with Crippen LogP contribution in [-0.2, 0) is 4.74 Å². The van der Waals surface area contributed by atoms with E-state index in [4.69, 9.17) is 4.74 Å². The highest BCUT2D eigenvalue weighted by Crippen LogP contribution is 2.61. The minimum Gasteiger partial charge on any atom is -0.498 e. The first-order valence-electron chi connectivity index (χ1n) is 5.33. The van der Waals surface area contributed by atoms with Crippen LogP contribution in [0.3, 0.4) is 0 Å². The molecule has 3 aliphatic carbocycles. The highest BCUT2D eigenvalue weighted by Gasteiger charge is 2.56. The number of rotatable bonds is 2. The molecule has 2 bridgehead atoms. The van der Waals surface area contributed by atoms with E-state index >= 15 is 0 Å². The molecular weight excluding hydrogens is 160 g/mol. The number of hydrogen-bond acceptors (Lipinski definition) is 1. The third kappa shape index (κ3) is 1.13. The van der Waals surface area contributed by atoms with Gasteiger partial charge in [-0.1, -0.05) is 27.4 Å². The lowest BCUT2D eigenvalue weighted by atomic mass is 9.45. The molecule has 74 valence electrons. The average Bonchev–Trinajstić information content (AvgIpc) is 2.08. The highest BCUT2D eigenvalue weighted by atomic mass is 16.5. The fourth-order valence-electron chi connectivity index (χ4n) is 3.41. The monoisotopic (exact) mass is 180 g/mol. The Labute approximate surface area is 81.2 Å². The molecule has 3 rings (SSSR count). The first-order chi connectivity index (χ1) is 6.07. The molecule has 4 unspecified atom stereocenters. The summed E-state index contributed by atoms with van der Waals surface area (Å²) < 4.78 is 5.55. The molecule has 0 aliphatic heterocycles. The van der Waals surface area contributed by atoms with Gasteiger partial charge < -0.3 is 4.74 Å². The van der Waals surface area contributed by atoms with Gasteiger partial charge in [-0.2, -0.15) is 0 Å². The molecule has 4 atom stereocenters. The molecule has 0 amide bonds. The van der Waals surface area contributed by atoms with E-state index in [9.17, 15) is 0 Å². The Morgan fingerprint density at radius 1 is 1.38 bits per heavy atom. The van der Waals surface area contributed by atoms with E-state index in [-0.39, 0.29) is 0 Å². The summed E-state index contributed by atoms with van der Waals surface area (Å²) in [5.41, 5.74) is 0.570. The molecule has 3 fully saturated rings. The second-order valence-electron chi connectivity index (χ2n) is 5.30. The van der Waals surface area contributed by atoms with Crippen LogP contribution in [0.25, 0.3) is 0 Å². The zero-order valence-corrected chi connectivity index (χ0v) is 8.92. The normalized spacial score (nSPS) is 46.4. The zero-order chi connectivity index (χ0) is 9.64. The van der Waals surface area contributed by atoms with Crippen LogP contribution in [0.4, 0.5) is 0 Å². The summed E-state index contributed by atoms with van der Waals surface area (Å²) in [6.07, 6.45) is 4.70. The molecule has 1 nitrogen and oxygen atoms in total. The zero-order valence-electron chi connectivity index (χ0n) is 8.92. The van der Waals surface area contributed by atoms with Crippen molar-refractivity contribution in [1.29, 1.82) is 0 Å². The first-order valence-corrected chi connectivity index (χ1v) is 5.33. The smallest absolute Gasteiger partial charge is 0.101 e. The third-order valence-corrected chi connectivity index (χ3v) is 4.56. The summed E-state index contributed by atoms with van der Waals surface area (Å²) in [6, 6.07) is 0. The fraction of sp³-hybridized carbons (Fsp3) is 0.833. The van der Waals surface area contributed by atoms with Gasteiger partial charge in [-0.15, -0.1) is 0 Å². The van der Waals surface area contributed by atoms with E-state index in [1.807, 2.05) is 0 Å². The van der Waals surface area contributed by atoms with Gasteiger partial charge in [-0.05, 0) is 36.0 Å². The van der Waals surface area contributed by atoms with Crippen molar-refractivity contribution < 1.29 is 4.74 Å². The van der Waals surface area contributed by atoms with E-state index < -0.39 is 0 Å². The largest absolute Gasteiger partial charge is 0.498 e. The van der Waals surface area contributed by atoms with Gasteiger partial charge in [-0.25, -0.2) is 0 Å². The lowest BCUT2D eigenvalue weighted by Crippen LogP contribution is -2.56. The molecule has 0 aromatic heterocycles. The van der Waals surface area contributed by atoms with Crippen molar-refractivity contribution in [3.05, 3.63) is 12.8 Å². The van der Waals surface area contributed by atoms with Crippen LogP contribution in [0.5, 0.6) is 0 Å². The molecule has 0 aromatic rings. The molecule has 0 aromatic carbocycles. The summed E-state index contributed by atoms with van der Waals surface area (Å²) in [5.74, 6) is 2.47. The van der Waals surface area contributed by atoms with E-state index in [0.29, 0.717) is 17.4 Å². The van der Waals surface area contributed by atoms with Gasteiger partial charge in [0.05, 0.1) is 6.26 Å². The molecular formula is C12H20O. The van der Waals surface area contributed by atoms with Crippen LogP contribution in [0.15, 0.2) is 12.8 Å². The lowest BCUT2D eigenvalue weighted by Gasteiger charge is -2.61. The van der Waals surface area contributed by atoms with E-state index in [1.54, 1.807) is 6.26 Å². The molecule has 1 heteroatoms. The van der Waals surface area contributed by atoms with Crippen LogP contribution in [0, 0.1) is 23.2 Å². The summed E-state index contributed by atoms with van der Waals surface area (Å²) in [7, 11) is 0. The van der Waals surface area contributed by atoms with E-state index in [0.717, 1.165) is 11.8 Å². The molecule has 3 saturated carbocycles. The van der Waals surface area contributed by atoms with Gasteiger partial charge in [-0.3, -0.25) is 0 Å². The lowest BCUT2D eigenvalue weighted by molar-refractivity contribution is -0.156. The van der Waals surface area contributed by atoms with Crippen molar-refractivity contribution >= 4 is 0 Å². The highest BCUT2D eigenvalue weighted by molar-refractivity contribution is 5.05. The van der Waals surface area contributed by atoms with Gasteiger partial charge in [0.1, 0.15) is 6.10 Å². The standard InChI is InChI=1S/C12H20O/c1-5-13-11-7-9-6-10(8(11)2)12(9,3)4/h5,8-11H,1,6-7H2,2-4H3. The minimum atomic E-state index is 0.439. The van der Waals surface area contributed by atoms with Crippen molar-refractivity contribution in [2.75, 3.05) is 0 Å². The van der Waals surface area contributed by atoms with Gasteiger partial charge in [0.25, 0.3) is 0 Å². The van der Waals surface area contributed by atoms with Gasteiger partial charge in [0.2, 0.25) is 0 Å². The van der Waals surface area contributed by atoms with E-state index in [2.05, 4.69) is 27.4 Å². The topological polar surface area (TPSA) is 9.23 Å². The molecule has 0 heterocycles. The molecule has 0 saturated heterocycles. The maximum Gasteiger partial charge on any atom is 0.101 e. The predicted molar refractivity (Wildman–Crippen MR) is 54.2 cm³/mol. The SMILES string of the molecule is C=COC1CC2CC(C1C)C2(C)C. The summed E-state index contributed by atoms with van der Waals surface area (Å²) in [5, 5.41) is 0. The van der Waals surface area contributed by atoms with Crippen molar-refractivity contribution in [2.24, 2.45) is 23.2 Å². The maximum atomic E-state index is 5.55. The molecule has 0 radical (unpaired) electrons. The average molecular weight is 180 g/mol. The van der Waals surface area contributed by atoms with Gasteiger partial charge >= 0.3 is 0 Å². The van der Waals surface area contributed by atoms with Crippen LogP contribution >= 0.6 is 0 Å². The fourth-order valence-corrected chi connectivity index (χ4v) is 3.41. The van der Waals surface area contributed by atoms with Gasteiger partial charge in [0, 0.05) is 0 Å². The van der Waals surface area contributed by atoms with E-state index in [1.165, 1.54) is 12.8 Å². The predicted octanol–water partition coefficient (Wildman–Crippen LogP) is 3.22. The Morgan fingerprint density at radius 2 is 2.08 bits per heavy atom. The summed E-state index contributed by atoms with van der Waals surface area (Å²) in [6.45, 7) is 10.8. The first kappa shape index (κ1) is 9.11. The minimum absolute atomic E-state index is 0.439. The Bertz CT molecular complexity index is 219. The Hall–Kier alpha value is -0.460. The van der Waals surface area contributed by atoms with Crippen molar-refractivity contribution in [1.82, 2.24) is 0 Å². The number of hydrogen-bond donors (Lipinski definition) is 0. The van der Waals surface area contributed by atoms with Gasteiger partial charge in [0.15, 0.2) is 0 Å². The van der Waals surface area contributed by atoms with Crippen LogP contribution < -0.4 is 0 Å². The quantitative estimate of drug-likeness (QED) is 0.593. The van der Waals surface area contributed by atoms with Crippen LogP contribution in [0.1, 0.15) is 33.6 Å². The number of fused-ring (bicyclic) bond motifs is 2. The second-order valence-corrected chi connectivity index (χ2v) is 5.30. The molecule has 0 spiro atoms. The Balaban J connectivity index is 2.07. The molecule has 0 N–H and O–H groups in total. The maximum absolute atomic E-state index is 5.55. The summed E-state index contributed by atoms with van der Waals surface area (Å²) in [4.78, 5) is 0. The van der Waals surface area contributed by atoms with Crippen LogP contribution in [-0.4, -0.2) is 6.10 Å². The van der Waals surface area contributed by atoms with Crippen molar-refractivity contribution in [3.8, 4) is 0 Å². The molecule has 3 aliphatic rings. The van der Waals surface area contributed by atoms with Crippen LogP contribution in [0.2, 0.25) is 0 Å². The number of ether oxygens (including phenoxy) is 1. The van der Waals surface area contributed by atoms with Crippen molar-refractivity contribution in [3.63, 3.8) is 0 Å². The summed E-state index contributed by atoms with van der Waals surface area (Å²) >= 11 is 0. The van der Waals surface area contributed by atoms with Crippen molar-refractivity contribution in [2.45, 2.75) is 39.7 Å². The Kier molecular flexibility index (Phi) is 1.94. The third-order valence-electron chi connectivity index (χ3n) is 4.56.